The summed E-state index contributed by atoms with van der Waals surface area (Å²) in [4.78, 5) is 6.65. The summed E-state index contributed by atoms with van der Waals surface area (Å²) in [6.07, 6.45) is 0. The molecule has 0 amide bonds. The number of nitrogens with one attached hydrogen (secondary N) is 1. The number of halogens is 1. The summed E-state index contributed by atoms with van der Waals surface area (Å²) in [5.41, 5.74) is 0. The lowest BCUT2D eigenvalue weighted by molar-refractivity contribution is 0.190. The van der Waals surface area contributed by atoms with Crippen molar-refractivity contribution in [1.29, 1.82) is 0 Å². The molecule has 8 heteroatoms. The first-order valence-corrected chi connectivity index (χ1v) is 8.41. The zero-order valence-corrected chi connectivity index (χ0v) is 14.3. The minimum absolute atomic E-state index is 0.0810. The molecule has 3 heterocycles. The zero-order valence-electron chi connectivity index (χ0n) is 14.3. The van der Waals surface area contributed by atoms with Gasteiger partial charge in [-0.15, -0.1) is 0 Å². The van der Waals surface area contributed by atoms with Gasteiger partial charge in [0.25, 0.3) is 5.89 Å². The van der Waals surface area contributed by atoms with Crippen LogP contribution in [0.5, 0.6) is 5.75 Å². The van der Waals surface area contributed by atoms with Crippen LogP contribution in [-0.4, -0.2) is 41.7 Å². The fourth-order valence-corrected chi connectivity index (χ4v) is 2.82. The van der Waals surface area contributed by atoms with E-state index in [0.717, 1.165) is 19.6 Å². The molecule has 1 aromatic carbocycles. The van der Waals surface area contributed by atoms with Gasteiger partial charge in [0.1, 0.15) is 23.9 Å². The number of aromatic nitrogens is 2. The van der Waals surface area contributed by atoms with Gasteiger partial charge in [0.2, 0.25) is 0 Å². The van der Waals surface area contributed by atoms with Gasteiger partial charge in [-0.2, -0.15) is 4.98 Å². The molecule has 0 radical (unpaired) electrons. The van der Waals surface area contributed by atoms with Crippen molar-refractivity contribution < 1.29 is 18.1 Å². The Bertz CT molecular complexity index is 861. The summed E-state index contributed by atoms with van der Waals surface area (Å²) in [6, 6.07) is 9.47. The van der Waals surface area contributed by atoms with Crippen molar-refractivity contribution in [3.05, 3.63) is 53.8 Å². The molecule has 0 bridgehead atoms. The van der Waals surface area contributed by atoms with E-state index >= 15 is 0 Å². The summed E-state index contributed by atoms with van der Waals surface area (Å²) >= 11 is 0. The number of rotatable bonds is 5. The van der Waals surface area contributed by atoms with Crippen LogP contribution in [0.4, 0.5) is 4.39 Å². The third-order valence-corrected chi connectivity index (χ3v) is 4.32. The van der Waals surface area contributed by atoms with Crippen LogP contribution in [0.3, 0.4) is 0 Å². The van der Waals surface area contributed by atoms with Crippen molar-refractivity contribution in [2.75, 3.05) is 26.7 Å². The highest BCUT2D eigenvalue weighted by molar-refractivity contribution is 5.44. The van der Waals surface area contributed by atoms with Gasteiger partial charge in [-0.1, -0.05) is 5.16 Å². The van der Waals surface area contributed by atoms with Crippen LogP contribution >= 0.6 is 0 Å². The third-order valence-electron chi connectivity index (χ3n) is 4.32. The number of nitrogens with zero attached hydrogens (tertiary/aromatic N) is 3. The van der Waals surface area contributed by atoms with Gasteiger partial charge in [0.15, 0.2) is 11.6 Å². The highest BCUT2D eigenvalue weighted by Crippen LogP contribution is 2.25. The Balaban J connectivity index is 1.42. The minimum atomic E-state index is -0.302. The summed E-state index contributed by atoms with van der Waals surface area (Å²) in [5, 5.41) is 7.41. The van der Waals surface area contributed by atoms with E-state index < -0.39 is 0 Å². The smallest absolute Gasteiger partial charge is 0.293 e. The van der Waals surface area contributed by atoms with Gasteiger partial charge in [-0.3, -0.25) is 4.90 Å². The molecule has 1 saturated heterocycles. The molecular weight excluding hydrogens is 339 g/mol. The molecule has 2 aromatic heterocycles. The summed E-state index contributed by atoms with van der Waals surface area (Å²) in [6.45, 7) is 2.89. The van der Waals surface area contributed by atoms with Crippen molar-refractivity contribution >= 4 is 0 Å². The van der Waals surface area contributed by atoms with Crippen LogP contribution in [0.2, 0.25) is 0 Å². The van der Waals surface area contributed by atoms with E-state index in [1.54, 1.807) is 24.3 Å². The first kappa shape index (κ1) is 16.7. The van der Waals surface area contributed by atoms with Crippen molar-refractivity contribution in [3.63, 3.8) is 0 Å². The van der Waals surface area contributed by atoms with Crippen LogP contribution < -0.4 is 10.1 Å². The third kappa shape index (κ3) is 3.61. The molecule has 3 aromatic rings. The van der Waals surface area contributed by atoms with Crippen molar-refractivity contribution in [2.45, 2.75) is 12.6 Å². The molecule has 1 unspecified atom stereocenters. The largest absolute Gasteiger partial charge is 0.486 e. The zero-order chi connectivity index (χ0) is 17.9. The average Bonchev–Trinajstić information content (AvgIpc) is 3.31. The Morgan fingerprint density at radius 1 is 1.27 bits per heavy atom. The minimum Gasteiger partial charge on any atom is -0.486 e. The Kier molecular flexibility index (Phi) is 4.68. The van der Waals surface area contributed by atoms with Crippen molar-refractivity contribution in [3.8, 4) is 17.4 Å². The second-order valence-corrected chi connectivity index (χ2v) is 6.17. The highest BCUT2D eigenvalue weighted by atomic mass is 19.1. The standard InChI is InChI=1S/C18H19FN4O3/c1-23-9-8-20-10-15(23)17-21-18(26-22-17)16-7-6-14(25-16)11-24-13-4-2-12(19)3-5-13/h2-7,15,20H,8-11H2,1H3. The lowest BCUT2D eigenvalue weighted by atomic mass is 10.2. The molecule has 4 rings (SSSR count). The SMILES string of the molecule is CN1CCNCC1c1noc(-c2ccc(COc3ccc(F)cc3)o2)n1. The lowest BCUT2D eigenvalue weighted by Crippen LogP contribution is -2.44. The van der Waals surface area contributed by atoms with Crippen LogP contribution in [0.25, 0.3) is 11.7 Å². The topological polar surface area (TPSA) is 76.6 Å². The Hall–Kier alpha value is -2.71. The molecule has 1 aliphatic rings. The van der Waals surface area contributed by atoms with E-state index in [-0.39, 0.29) is 18.5 Å². The van der Waals surface area contributed by atoms with Gasteiger partial charge < -0.3 is 19.0 Å². The van der Waals surface area contributed by atoms with E-state index in [2.05, 4.69) is 20.4 Å². The number of likely N-dealkylation sites (N-methyl/N-ethyl adjacent to an activating group) is 1. The van der Waals surface area contributed by atoms with Crippen LogP contribution in [-0.2, 0) is 6.61 Å². The van der Waals surface area contributed by atoms with Crippen LogP contribution in [0.1, 0.15) is 17.6 Å². The second kappa shape index (κ2) is 7.27. The molecule has 7 nitrogen and oxygen atoms in total. The Morgan fingerprint density at radius 3 is 2.92 bits per heavy atom. The fraction of sp³-hybridized carbons (Fsp3) is 0.333. The van der Waals surface area contributed by atoms with E-state index in [1.807, 2.05) is 7.05 Å². The maximum absolute atomic E-state index is 12.9. The molecule has 0 saturated carbocycles. The summed E-state index contributed by atoms with van der Waals surface area (Å²) in [5.74, 6) is 2.34. The molecule has 0 spiro atoms. The lowest BCUT2D eigenvalue weighted by Gasteiger charge is -2.30. The molecular formula is C18H19FN4O3. The first-order valence-electron chi connectivity index (χ1n) is 8.41. The van der Waals surface area contributed by atoms with Gasteiger partial charge in [-0.05, 0) is 43.4 Å². The quantitative estimate of drug-likeness (QED) is 0.751. The van der Waals surface area contributed by atoms with Gasteiger partial charge >= 0.3 is 0 Å². The van der Waals surface area contributed by atoms with E-state index in [4.69, 9.17) is 13.7 Å². The molecule has 1 fully saturated rings. The van der Waals surface area contributed by atoms with Gasteiger partial charge in [0.05, 0.1) is 6.04 Å². The van der Waals surface area contributed by atoms with E-state index in [1.165, 1.54) is 12.1 Å². The monoisotopic (exact) mass is 358 g/mol. The second-order valence-electron chi connectivity index (χ2n) is 6.17. The van der Waals surface area contributed by atoms with Gasteiger partial charge in [0, 0.05) is 19.6 Å². The normalized spacial score (nSPS) is 18.2. The number of hydrogen-bond acceptors (Lipinski definition) is 7. The molecule has 1 aliphatic heterocycles. The number of furan rings is 1. The number of benzene rings is 1. The van der Waals surface area contributed by atoms with Gasteiger partial charge in [-0.25, -0.2) is 4.39 Å². The molecule has 26 heavy (non-hydrogen) atoms. The molecule has 1 N–H and O–H groups in total. The summed E-state index contributed by atoms with van der Waals surface area (Å²) < 4.78 is 29.5. The first-order chi connectivity index (χ1) is 12.7. The van der Waals surface area contributed by atoms with E-state index in [9.17, 15) is 4.39 Å². The average molecular weight is 358 g/mol. The maximum Gasteiger partial charge on any atom is 0.293 e. The molecule has 0 aliphatic carbocycles. The Morgan fingerprint density at radius 2 is 2.12 bits per heavy atom. The predicted octanol–water partition coefficient (Wildman–Crippen LogP) is 2.62. The molecule has 1 atom stereocenters. The predicted molar refractivity (Wildman–Crippen MR) is 91.0 cm³/mol. The Labute approximate surface area is 149 Å². The number of piperazine rings is 1. The maximum atomic E-state index is 12.9. The fourth-order valence-electron chi connectivity index (χ4n) is 2.82. The van der Waals surface area contributed by atoms with E-state index in [0.29, 0.717) is 29.0 Å². The summed E-state index contributed by atoms with van der Waals surface area (Å²) in [7, 11) is 2.04. The molecule has 136 valence electrons. The van der Waals surface area contributed by atoms with Crippen molar-refractivity contribution in [2.24, 2.45) is 0 Å². The van der Waals surface area contributed by atoms with Crippen molar-refractivity contribution in [1.82, 2.24) is 20.4 Å². The number of hydrogen-bond donors (Lipinski definition) is 1. The number of ether oxygens (including phenoxy) is 1. The highest BCUT2D eigenvalue weighted by Gasteiger charge is 2.26. The van der Waals surface area contributed by atoms with Crippen LogP contribution in [0, 0.1) is 5.82 Å². The van der Waals surface area contributed by atoms with Crippen LogP contribution in [0.15, 0.2) is 45.3 Å².